The van der Waals surface area contributed by atoms with Crippen LogP contribution in [0.15, 0.2) is 24.3 Å². The highest BCUT2D eigenvalue weighted by Crippen LogP contribution is 2.26. The van der Waals surface area contributed by atoms with Gasteiger partial charge in [-0.1, -0.05) is 38.1 Å². The fourth-order valence-corrected chi connectivity index (χ4v) is 2.61. The van der Waals surface area contributed by atoms with Gasteiger partial charge >= 0.3 is 6.09 Å². The number of carbonyl (C=O) groups excluding carboxylic acids is 1. The first-order valence-electron chi connectivity index (χ1n) is 6.78. The van der Waals surface area contributed by atoms with E-state index in [4.69, 9.17) is 4.74 Å². The molecule has 0 aromatic heterocycles. The summed E-state index contributed by atoms with van der Waals surface area (Å²) >= 11 is 0. The van der Waals surface area contributed by atoms with Crippen molar-refractivity contribution in [3.63, 3.8) is 0 Å². The lowest BCUT2D eigenvalue weighted by Crippen LogP contribution is -2.48. The van der Waals surface area contributed by atoms with Crippen molar-refractivity contribution in [2.24, 2.45) is 0 Å². The van der Waals surface area contributed by atoms with Gasteiger partial charge in [0.2, 0.25) is 0 Å². The van der Waals surface area contributed by atoms with E-state index in [1.165, 1.54) is 18.2 Å². The van der Waals surface area contributed by atoms with E-state index in [0.717, 1.165) is 6.54 Å². The van der Waals surface area contributed by atoms with Crippen molar-refractivity contribution >= 4 is 6.09 Å². The molecule has 1 aromatic carbocycles. The van der Waals surface area contributed by atoms with Crippen LogP contribution < -0.4 is 5.32 Å². The van der Waals surface area contributed by atoms with Crippen LogP contribution in [0, 0.1) is 0 Å². The van der Waals surface area contributed by atoms with Crippen LogP contribution in [0.5, 0.6) is 0 Å². The van der Waals surface area contributed by atoms with Crippen LogP contribution >= 0.6 is 0 Å². The summed E-state index contributed by atoms with van der Waals surface area (Å²) in [7, 11) is 1.43. The molecule has 19 heavy (non-hydrogen) atoms. The Morgan fingerprint density at radius 3 is 2.84 bits per heavy atom. The minimum absolute atomic E-state index is 0.187. The molecule has 1 saturated heterocycles. The number of carbonyl (C=O) groups is 1. The zero-order valence-corrected chi connectivity index (χ0v) is 11.8. The minimum atomic E-state index is -0.242. The highest BCUT2D eigenvalue weighted by atomic mass is 16.5. The predicted molar refractivity (Wildman–Crippen MR) is 75.3 cm³/mol. The molecule has 0 saturated carbocycles. The van der Waals surface area contributed by atoms with Crippen molar-refractivity contribution in [1.82, 2.24) is 10.2 Å². The molecule has 4 heteroatoms. The second kappa shape index (κ2) is 6.06. The van der Waals surface area contributed by atoms with Gasteiger partial charge in [-0.05, 0) is 17.0 Å². The zero-order chi connectivity index (χ0) is 13.8. The topological polar surface area (TPSA) is 41.6 Å². The summed E-state index contributed by atoms with van der Waals surface area (Å²) < 4.78 is 4.81. The predicted octanol–water partition coefficient (Wildman–Crippen LogP) is 2.52. The highest BCUT2D eigenvalue weighted by Gasteiger charge is 2.26. The molecule has 1 aromatic rings. The molecule has 104 valence electrons. The molecule has 1 aliphatic heterocycles. The Labute approximate surface area is 114 Å². The maximum Gasteiger partial charge on any atom is 0.409 e. The Hall–Kier alpha value is -1.55. The van der Waals surface area contributed by atoms with Gasteiger partial charge in [0.15, 0.2) is 0 Å². The van der Waals surface area contributed by atoms with E-state index >= 15 is 0 Å². The van der Waals surface area contributed by atoms with Crippen molar-refractivity contribution in [2.75, 3.05) is 26.7 Å². The van der Waals surface area contributed by atoms with Crippen LogP contribution in [0.1, 0.15) is 36.9 Å². The average Bonchev–Trinajstić information content (AvgIpc) is 2.46. The SMILES string of the molecule is COC(=O)N1CCNC(c2ccccc2C(C)C)C1. The maximum absolute atomic E-state index is 11.6. The Morgan fingerprint density at radius 1 is 1.42 bits per heavy atom. The van der Waals surface area contributed by atoms with Gasteiger partial charge in [-0.3, -0.25) is 0 Å². The smallest absolute Gasteiger partial charge is 0.409 e. The summed E-state index contributed by atoms with van der Waals surface area (Å²) in [5.74, 6) is 0.478. The highest BCUT2D eigenvalue weighted by molar-refractivity contribution is 5.67. The molecule has 0 spiro atoms. The Morgan fingerprint density at radius 2 is 2.16 bits per heavy atom. The fourth-order valence-electron chi connectivity index (χ4n) is 2.61. The second-order valence-electron chi connectivity index (χ2n) is 5.21. The number of hydrogen-bond donors (Lipinski definition) is 1. The molecule has 1 aliphatic rings. The first-order chi connectivity index (χ1) is 9.13. The Balaban J connectivity index is 2.20. The van der Waals surface area contributed by atoms with Gasteiger partial charge in [-0.25, -0.2) is 4.79 Å². The van der Waals surface area contributed by atoms with Crippen molar-refractivity contribution in [3.05, 3.63) is 35.4 Å². The molecule has 1 N–H and O–H groups in total. The second-order valence-corrected chi connectivity index (χ2v) is 5.21. The molecular weight excluding hydrogens is 240 g/mol. The van der Waals surface area contributed by atoms with Gasteiger partial charge in [0.05, 0.1) is 13.2 Å². The molecule has 4 nitrogen and oxygen atoms in total. The third-order valence-corrected chi connectivity index (χ3v) is 3.60. The monoisotopic (exact) mass is 262 g/mol. The first-order valence-corrected chi connectivity index (χ1v) is 6.78. The van der Waals surface area contributed by atoms with Gasteiger partial charge in [0, 0.05) is 19.6 Å². The van der Waals surface area contributed by atoms with Gasteiger partial charge < -0.3 is 15.0 Å². The van der Waals surface area contributed by atoms with Gasteiger partial charge in [-0.2, -0.15) is 0 Å². The number of methoxy groups -OCH3 is 1. The van der Waals surface area contributed by atoms with E-state index in [2.05, 4.69) is 43.4 Å². The Bertz CT molecular complexity index is 446. The summed E-state index contributed by atoms with van der Waals surface area (Å²) in [5, 5.41) is 3.49. The third-order valence-electron chi connectivity index (χ3n) is 3.60. The third kappa shape index (κ3) is 3.07. The molecule has 1 fully saturated rings. The van der Waals surface area contributed by atoms with Crippen LogP contribution in [-0.2, 0) is 4.74 Å². The van der Waals surface area contributed by atoms with E-state index in [9.17, 15) is 4.79 Å². The van der Waals surface area contributed by atoms with Crippen molar-refractivity contribution < 1.29 is 9.53 Å². The lowest BCUT2D eigenvalue weighted by atomic mass is 9.92. The van der Waals surface area contributed by atoms with Gasteiger partial charge in [-0.15, -0.1) is 0 Å². The molecule has 2 rings (SSSR count). The number of nitrogens with one attached hydrogen (secondary N) is 1. The molecule has 0 radical (unpaired) electrons. The molecule has 1 heterocycles. The largest absolute Gasteiger partial charge is 0.453 e. The fraction of sp³-hybridized carbons (Fsp3) is 0.533. The average molecular weight is 262 g/mol. The zero-order valence-electron chi connectivity index (χ0n) is 11.8. The van der Waals surface area contributed by atoms with Gasteiger partial charge in [0.25, 0.3) is 0 Å². The number of nitrogens with zero attached hydrogens (tertiary/aromatic N) is 1. The number of hydrogen-bond acceptors (Lipinski definition) is 3. The molecular formula is C15H22N2O2. The van der Waals surface area contributed by atoms with Gasteiger partial charge in [0.1, 0.15) is 0 Å². The molecule has 1 amide bonds. The standard InChI is InChI=1S/C15H22N2O2/c1-11(2)12-6-4-5-7-13(12)14-10-17(9-8-16-14)15(18)19-3/h4-7,11,14,16H,8-10H2,1-3H3. The Kier molecular flexibility index (Phi) is 4.43. The summed E-state index contributed by atoms with van der Waals surface area (Å²) in [6.07, 6.45) is -0.242. The number of piperazine rings is 1. The van der Waals surface area contributed by atoms with Crippen molar-refractivity contribution in [2.45, 2.75) is 25.8 Å². The summed E-state index contributed by atoms with van der Waals surface area (Å²) in [6.45, 7) is 6.55. The molecule has 0 bridgehead atoms. The summed E-state index contributed by atoms with van der Waals surface area (Å²) in [6, 6.07) is 8.62. The van der Waals surface area contributed by atoms with E-state index in [1.54, 1.807) is 4.90 Å². The number of ether oxygens (including phenoxy) is 1. The normalized spacial score (nSPS) is 19.6. The van der Waals surface area contributed by atoms with E-state index < -0.39 is 0 Å². The van der Waals surface area contributed by atoms with Crippen LogP contribution in [-0.4, -0.2) is 37.7 Å². The first kappa shape index (κ1) is 13.9. The van der Waals surface area contributed by atoms with E-state index in [0.29, 0.717) is 19.0 Å². The van der Waals surface area contributed by atoms with Crippen LogP contribution in [0.25, 0.3) is 0 Å². The van der Waals surface area contributed by atoms with Crippen LogP contribution in [0.3, 0.4) is 0 Å². The van der Waals surface area contributed by atoms with Crippen molar-refractivity contribution in [1.29, 1.82) is 0 Å². The van der Waals surface area contributed by atoms with E-state index in [-0.39, 0.29) is 12.1 Å². The van der Waals surface area contributed by atoms with Crippen LogP contribution in [0.4, 0.5) is 4.79 Å². The lowest BCUT2D eigenvalue weighted by Gasteiger charge is -2.34. The maximum atomic E-state index is 11.6. The molecule has 0 aliphatic carbocycles. The summed E-state index contributed by atoms with van der Waals surface area (Å²) in [5.41, 5.74) is 2.62. The molecule has 1 unspecified atom stereocenters. The van der Waals surface area contributed by atoms with Crippen molar-refractivity contribution in [3.8, 4) is 0 Å². The lowest BCUT2D eigenvalue weighted by molar-refractivity contribution is 0.109. The number of amides is 1. The minimum Gasteiger partial charge on any atom is -0.453 e. The number of benzene rings is 1. The van der Waals surface area contributed by atoms with Crippen LogP contribution in [0.2, 0.25) is 0 Å². The molecule has 1 atom stereocenters. The quantitative estimate of drug-likeness (QED) is 0.890. The summed E-state index contributed by atoms with van der Waals surface area (Å²) in [4.78, 5) is 13.4. The number of rotatable bonds is 2. The van der Waals surface area contributed by atoms with E-state index in [1.807, 2.05) is 0 Å².